The van der Waals surface area contributed by atoms with Crippen LogP contribution < -0.4 is 4.74 Å². The number of alkyl halides is 3. The number of carbonyl (C=O) groups excluding carboxylic acids is 1. The standard InChI is InChI=1S/C18H16F3NO2/c1-24-14-7-8-15-13(11-14)9-10-22(17(23)18(19,20)21)16(15)12-5-3-2-4-6-12/h2-8,11,16H,9-10H2,1H3. The summed E-state index contributed by atoms with van der Waals surface area (Å²) in [4.78, 5) is 12.8. The second kappa shape index (κ2) is 6.19. The fourth-order valence-electron chi connectivity index (χ4n) is 3.11. The molecule has 24 heavy (non-hydrogen) atoms. The van der Waals surface area contributed by atoms with Crippen LogP contribution in [0.25, 0.3) is 0 Å². The summed E-state index contributed by atoms with van der Waals surface area (Å²) < 4.78 is 44.2. The first-order valence-electron chi connectivity index (χ1n) is 7.51. The zero-order valence-corrected chi connectivity index (χ0v) is 13.0. The number of fused-ring (bicyclic) bond motifs is 1. The lowest BCUT2D eigenvalue weighted by Gasteiger charge is -2.38. The van der Waals surface area contributed by atoms with Gasteiger partial charge in [-0.05, 0) is 35.2 Å². The van der Waals surface area contributed by atoms with Crippen LogP contribution in [0.2, 0.25) is 0 Å². The first-order valence-corrected chi connectivity index (χ1v) is 7.51. The molecule has 3 rings (SSSR count). The minimum atomic E-state index is -4.89. The molecule has 0 saturated carbocycles. The Balaban J connectivity index is 2.10. The highest BCUT2D eigenvalue weighted by Gasteiger charge is 2.46. The predicted octanol–water partition coefficient (Wildman–Crippen LogP) is 3.73. The Bertz CT molecular complexity index is 744. The molecule has 1 atom stereocenters. The number of benzene rings is 2. The molecule has 126 valence electrons. The summed E-state index contributed by atoms with van der Waals surface area (Å²) in [6.45, 7) is 0.0120. The van der Waals surface area contributed by atoms with Gasteiger partial charge in [-0.3, -0.25) is 4.79 Å². The van der Waals surface area contributed by atoms with Crippen LogP contribution in [-0.2, 0) is 11.2 Å². The average molecular weight is 335 g/mol. The van der Waals surface area contributed by atoms with Crippen molar-refractivity contribution in [1.82, 2.24) is 4.90 Å². The molecule has 2 aromatic carbocycles. The van der Waals surface area contributed by atoms with Gasteiger partial charge in [0.05, 0.1) is 13.2 Å². The van der Waals surface area contributed by atoms with E-state index in [-0.39, 0.29) is 6.54 Å². The van der Waals surface area contributed by atoms with Crippen molar-refractivity contribution < 1.29 is 22.7 Å². The number of halogens is 3. The van der Waals surface area contributed by atoms with Gasteiger partial charge in [-0.2, -0.15) is 13.2 Å². The van der Waals surface area contributed by atoms with Crippen molar-refractivity contribution in [3.8, 4) is 5.75 Å². The molecule has 1 aliphatic heterocycles. The Kier molecular flexibility index (Phi) is 4.22. The Hall–Kier alpha value is -2.50. The van der Waals surface area contributed by atoms with E-state index in [2.05, 4.69) is 0 Å². The van der Waals surface area contributed by atoms with Gasteiger partial charge in [0.1, 0.15) is 5.75 Å². The molecule has 1 heterocycles. The smallest absolute Gasteiger partial charge is 0.471 e. The van der Waals surface area contributed by atoms with Crippen molar-refractivity contribution in [1.29, 1.82) is 0 Å². The zero-order chi connectivity index (χ0) is 17.3. The number of amides is 1. The lowest BCUT2D eigenvalue weighted by Crippen LogP contribution is -2.46. The van der Waals surface area contributed by atoms with Crippen molar-refractivity contribution in [2.75, 3.05) is 13.7 Å². The number of hydrogen-bond acceptors (Lipinski definition) is 2. The predicted molar refractivity (Wildman–Crippen MR) is 82.8 cm³/mol. The van der Waals surface area contributed by atoms with E-state index in [1.807, 2.05) is 6.07 Å². The molecule has 6 heteroatoms. The number of nitrogens with zero attached hydrogens (tertiary/aromatic N) is 1. The number of ether oxygens (including phenoxy) is 1. The molecule has 3 nitrogen and oxygen atoms in total. The molecule has 0 fully saturated rings. The average Bonchev–Trinajstić information content (AvgIpc) is 2.59. The fourth-order valence-corrected chi connectivity index (χ4v) is 3.11. The van der Waals surface area contributed by atoms with Crippen LogP contribution >= 0.6 is 0 Å². The van der Waals surface area contributed by atoms with Crippen LogP contribution in [0.4, 0.5) is 13.2 Å². The third-order valence-electron chi connectivity index (χ3n) is 4.20. The van der Waals surface area contributed by atoms with E-state index in [1.165, 1.54) is 0 Å². The van der Waals surface area contributed by atoms with Crippen molar-refractivity contribution in [3.63, 3.8) is 0 Å². The van der Waals surface area contributed by atoms with Crippen LogP contribution in [0.3, 0.4) is 0 Å². The van der Waals surface area contributed by atoms with Gasteiger partial charge in [0.2, 0.25) is 0 Å². The quantitative estimate of drug-likeness (QED) is 0.837. The largest absolute Gasteiger partial charge is 0.497 e. The van der Waals surface area contributed by atoms with E-state index in [0.29, 0.717) is 23.3 Å². The first-order chi connectivity index (χ1) is 11.4. The summed E-state index contributed by atoms with van der Waals surface area (Å²) in [5.41, 5.74) is 2.25. The Morgan fingerprint density at radius 3 is 2.50 bits per heavy atom. The molecule has 0 aliphatic carbocycles. The summed E-state index contributed by atoms with van der Waals surface area (Å²) >= 11 is 0. The highest BCUT2D eigenvalue weighted by molar-refractivity contribution is 5.83. The fraction of sp³-hybridized carbons (Fsp3) is 0.278. The highest BCUT2D eigenvalue weighted by Crippen LogP contribution is 2.38. The number of carbonyl (C=O) groups is 1. The third kappa shape index (κ3) is 2.96. The highest BCUT2D eigenvalue weighted by atomic mass is 19.4. The van der Waals surface area contributed by atoms with Gasteiger partial charge >= 0.3 is 12.1 Å². The van der Waals surface area contributed by atoms with Crippen molar-refractivity contribution in [2.45, 2.75) is 18.6 Å². The summed E-state index contributed by atoms with van der Waals surface area (Å²) in [5, 5.41) is 0. The van der Waals surface area contributed by atoms with E-state index in [4.69, 9.17) is 4.74 Å². The first kappa shape index (κ1) is 16.4. The number of methoxy groups -OCH3 is 1. The monoisotopic (exact) mass is 335 g/mol. The minimum Gasteiger partial charge on any atom is -0.497 e. The van der Waals surface area contributed by atoms with Crippen LogP contribution in [0.15, 0.2) is 48.5 Å². The molecule has 0 bridgehead atoms. The second-order valence-electron chi connectivity index (χ2n) is 5.62. The Morgan fingerprint density at radius 2 is 1.88 bits per heavy atom. The Morgan fingerprint density at radius 1 is 1.17 bits per heavy atom. The lowest BCUT2D eigenvalue weighted by molar-refractivity contribution is -0.187. The van der Waals surface area contributed by atoms with Crippen LogP contribution in [0, 0.1) is 0 Å². The molecule has 0 aromatic heterocycles. The molecule has 0 radical (unpaired) electrons. The number of hydrogen-bond donors (Lipinski definition) is 0. The summed E-state index contributed by atoms with van der Waals surface area (Å²) in [5.74, 6) is -1.16. The topological polar surface area (TPSA) is 29.5 Å². The number of rotatable bonds is 2. The SMILES string of the molecule is COc1ccc2c(c1)CCN(C(=O)C(F)(F)F)C2c1ccccc1. The van der Waals surface area contributed by atoms with Crippen molar-refractivity contribution in [2.24, 2.45) is 0 Å². The summed E-state index contributed by atoms with van der Waals surface area (Å²) in [7, 11) is 1.54. The molecule has 2 aromatic rings. The van der Waals surface area contributed by atoms with Crippen molar-refractivity contribution >= 4 is 5.91 Å². The van der Waals surface area contributed by atoms with E-state index in [9.17, 15) is 18.0 Å². The molecule has 1 amide bonds. The lowest BCUT2D eigenvalue weighted by atomic mass is 9.88. The van der Waals surface area contributed by atoms with Gasteiger partial charge in [0.15, 0.2) is 0 Å². The molecule has 1 unspecified atom stereocenters. The zero-order valence-electron chi connectivity index (χ0n) is 13.0. The molecule has 0 N–H and O–H groups in total. The summed E-state index contributed by atoms with van der Waals surface area (Å²) in [6.07, 6.45) is -4.53. The van der Waals surface area contributed by atoms with Crippen LogP contribution in [-0.4, -0.2) is 30.6 Å². The van der Waals surface area contributed by atoms with Crippen LogP contribution in [0.1, 0.15) is 22.7 Å². The molecule has 0 spiro atoms. The van der Waals surface area contributed by atoms with Gasteiger partial charge in [-0.15, -0.1) is 0 Å². The van der Waals surface area contributed by atoms with Gasteiger partial charge in [0, 0.05) is 6.54 Å². The van der Waals surface area contributed by atoms with Crippen molar-refractivity contribution in [3.05, 3.63) is 65.2 Å². The van der Waals surface area contributed by atoms with Gasteiger partial charge in [-0.25, -0.2) is 0 Å². The van der Waals surface area contributed by atoms with E-state index >= 15 is 0 Å². The third-order valence-corrected chi connectivity index (χ3v) is 4.20. The maximum absolute atomic E-state index is 13.0. The van der Waals surface area contributed by atoms with Gasteiger partial charge in [-0.1, -0.05) is 36.4 Å². The molecular formula is C18H16F3NO2. The van der Waals surface area contributed by atoms with E-state index < -0.39 is 18.1 Å². The summed E-state index contributed by atoms with van der Waals surface area (Å²) in [6, 6.07) is 13.3. The van der Waals surface area contributed by atoms with Crippen LogP contribution in [0.5, 0.6) is 5.75 Å². The second-order valence-corrected chi connectivity index (χ2v) is 5.62. The van der Waals surface area contributed by atoms with E-state index in [0.717, 1.165) is 10.5 Å². The normalized spacial score (nSPS) is 17.3. The van der Waals surface area contributed by atoms with E-state index in [1.54, 1.807) is 49.6 Å². The molecule has 1 aliphatic rings. The van der Waals surface area contributed by atoms with Gasteiger partial charge in [0.25, 0.3) is 0 Å². The molecular weight excluding hydrogens is 319 g/mol. The maximum Gasteiger partial charge on any atom is 0.471 e. The minimum absolute atomic E-state index is 0.0120. The molecule has 0 saturated heterocycles. The maximum atomic E-state index is 13.0. The Labute approximate surface area is 137 Å². The van der Waals surface area contributed by atoms with Gasteiger partial charge < -0.3 is 9.64 Å².